The minimum absolute atomic E-state index is 0.616. The van der Waals surface area contributed by atoms with E-state index in [1.165, 1.54) is 0 Å². The molecule has 0 aliphatic heterocycles. The van der Waals surface area contributed by atoms with Crippen molar-refractivity contribution >= 4 is 15.9 Å². The minimum atomic E-state index is -0.680. The second kappa shape index (κ2) is 3.83. The Bertz CT molecular complexity index is 298. The van der Waals surface area contributed by atoms with Crippen molar-refractivity contribution in [3.8, 4) is 0 Å². The Morgan fingerprint density at radius 3 is 2.92 bits per heavy atom. The van der Waals surface area contributed by atoms with E-state index in [0.717, 1.165) is 4.47 Å². The van der Waals surface area contributed by atoms with Gasteiger partial charge in [0.15, 0.2) is 0 Å². The smallest absolute Gasteiger partial charge is 0.118 e. The van der Waals surface area contributed by atoms with Crippen molar-refractivity contribution in [3.63, 3.8) is 0 Å². The van der Waals surface area contributed by atoms with Gasteiger partial charge in [0.25, 0.3) is 0 Å². The summed E-state index contributed by atoms with van der Waals surface area (Å²) in [6.45, 7) is 5.43. The van der Waals surface area contributed by atoms with E-state index >= 15 is 0 Å². The lowest BCUT2D eigenvalue weighted by Crippen LogP contribution is -2.01. The van der Waals surface area contributed by atoms with Gasteiger partial charge in [-0.25, -0.2) is 0 Å². The number of hydrogen-bond acceptors (Lipinski definition) is 2. The van der Waals surface area contributed by atoms with Crippen molar-refractivity contribution in [1.82, 2.24) is 4.98 Å². The van der Waals surface area contributed by atoms with E-state index in [4.69, 9.17) is 0 Å². The van der Waals surface area contributed by atoms with E-state index in [-0.39, 0.29) is 0 Å². The van der Waals surface area contributed by atoms with Gasteiger partial charge in [-0.05, 0) is 40.6 Å². The van der Waals surface area contributed by atoms with Crippen molar-refractivity contribution in [2.45, 2.75) is 13.0 Å². The van der Waals surface area contributed by atoms with Crippen LogP contribution in [0.2, 0.25) is 0 Å². The lowest BCUT2D eigenvalue weighted by molar-refractivity contribution is 0.210. The number of rotatable bonds is 2. The molecule has 64 valence electrons. The van der Waals surface area contributed by atoms with Crippen molar-refractivity contribution < 1.29 is 5.11 Å². The van der Waals surface area contributed by atoms with E-state index in [2.05, 4.69) is 27.5 Å². The zero-order valence-electron chi connectivity index (χ0n) is 6.79. The highest BCUT2D eigenvalue weighted by atomic mass is 79.9. The number of halogens is 1. The molecule has 0 aliphatic rings. The highest BCUT2D eigenvalue weighted by molar-refractivity contribution is 9.10. The van der Waals surface area contributed by atoms with Crippen LogP contribution in [-0.2, 0) is 0 Å². The molecule has 0 fully saturated rings. The Morgan fingerprint density at radius 1 is 1.75 bits per heavy atom. The Labute approximate surface area is 80.1 Å². The average Bonchev–Trinajstić information content (AvgIpc) is 2.04. The molecule has 0 radical (unpaired) electrons. The van der Waals surface area contributed by atoms with Crippen molar-refractivity contribution in [3.05, 3.63) is 40.6 Å². The third-order valence-corrected chi connectivity index (χ3v) is 2.18. The van der Waals surface area contributed by atoms with E-state index in [0.29, 0.717) is 11.3 Å². The molecule has 0 amide bonds. The third-order valence-electron chi connectivity index (χ3n) is 1.51. The van der Waals surface area contributed by atoms with Gasteiger partial charge in [-0.1, -0.05) is 6.58 Å². The van der Waals surface area contributed by atoms with Crippen LogP contribution in [0.4, 0.5) is 0 Å². The molecule has 1 rings (SSSR count). The standard InChI is InChI=1S/C9H10BrNO/c1-6(2)9(12)8-7(10)4-3-5-11-8/h3-5,9,12H,1H2,2H3. The number of nitrogens with zero attached hydrogens (tertiary/aromatic N) is 1. The van der Waals surface area contributed by atoms with Gasteiger partial charge in [-0.15, -0.1) is 0 Å². The lowest BCUT2D eigenvalue weighted by Gasteiger charge is -2.10. The summed E-state index contributed by atoms with van der Waals surface area (Å²) < 4.78 is 0.806. The van der Waals surface area contributed by atoms with E-state index < -0.39 is 6.10 Å². The van der Waals surface area contributed by atoms with E-state index in [1.54, 1.807) is 19.2 Å². The van der Waals surface area contributed by atoms with Gasteiger partial charge < -0.3 is 5.11 Å². The van der Waals surface area contributed by atoms with Crippen LogP contribution < -0.4 is 0 Å². The fourth-order valence-electron chi connectivity index (χ4n) is 0.832. The molecule has 1 N–H and O–H groups in total. The van der Waals surface area contributed by atoms with Crippen LogP contribution in [0, 0.1) is 0 Å². The molecule has 1 unspecified atom stereocenters. The first-order valence-electron chi connectivity index (χ1n) is 3.57. The molecule has 0 aromatic carbocycles. The molecule has 0 bridgehead atoms. The minimum Gasteiger partial charge on any atom is -0.382 e. The zero-order valence-corrected chi connectivity index (χ0v) is 8.37. The largest absolute Gasteiger partial charge is 0.382 e. The Kier molecular flexibility index (Phi) is 3.00. The predicted octanol–water partition coefficient (Wildman–Crippen LogP) is 2.45. The second-order valence-electron chi connectivity index (χ2n) is 2.62. The second-order valence-corrected chi connectivity index (χ2v) is 3.47. The monoisotopic (exact) mass is 227 g/mol. The zero-order chi connectivity index (χ0) is 9.14. The molecule has 3 heteroatoms. The van der Waals surface area contributed by atoms with Crippen molar-refractivity contribution in [2.24, 2.45) is 0 Å². The fraction of sp³-hybridized carbons (Fsp3) is 0.222. The summed E-state index contributed by atoms with van der Waals surface area (Å²) in [6.07, 6.45) is 0.965. The summed E-state index contributed by atoms with van der Waals surface area (Å²) >= 11 is 3.30. The summed E-state index contributed by atoms with van der Waals surface area (Å²) in [5, 5.41) is 9.59. The topological polar surface area (TPSA) is 33.1 Å². The molecular formula is C9H10BrNO. The SMILES string of the molecule is C=C(C)C(O)c1ncccc1Br. The summed E-state index contributed by atoms with van der Waals surface area (Å²) in [4.78, 5) is 4.04. The highest BCUT2D eigenvalue weighted by Crippen LogP contribution is 2.24. The van der Waals surface area contributed by atoms with Crippen molar-refractivity contribution in [2.75, 3.05) is 0 Å². The summed E-state index contributed by atoms with van der Waals surface area (Å²) in [5.41, 5.74) is 1.31. The predicted molar refractivity (Wildman–Crippen MR) is 51.7 cm³/mol. The van der Waals surface area contributed by atoms with Gasteiger partial charge in [0, 0.05) is 10.7 Å². The van der Waals surface area contributed by atoms with Crippen LogP contribution in [0.1, 0.15) is 18.7 Å². The van der Waals surface area contributed by atoms with E-state index in [1.807, 2.05) is 6.07 Å². The van der Waals surface area contributed by atoms with Crippen LogP contribution in [0.3, 0.4) is 0 Å². The Hall–Kier alpha value is -0.670. The molecule has 1 aromatic heterocycles. The molecule has 1 aromatic rings. The Morgan fingerprint density at radius 2 is 2.42 bits per heavy atom. The Balaban J connectivity index is 3.02. The summed E-state index contributed by atoms with van der Waals surface area (Å²) in [7, 11) is 0. The van der Waals surface area contributed by atoms with Gasteiger partial charge in [-0.3, -0.25) is 4.98 Å². The number of aliphatic hydroxyl groups excluding tert-OH is 1. The maximum absolute atomic E-state index is 9.59. The van der Waals surface area contributed by atoms with Crippen LogP contribution >= 0.6 is 15.9 Å². The van der Waals surface area contributed by atoms with Gasteiger partial charge in [-0.2, -0.15) is 0 Å². The average molecular weight is 228 g/mol. The lowest BCUT2D eigenvalue weighted by atomic mass is 10.1. The van der Waals surface area contributed by atoms with Crippen LogP contribution in [0.5, 0.6) is 0 Å². The molecule has 0 spiro atoms. The van der Waals surface area contributed by atoms with Gasteiger partial charge in [0.1, 0.15) is 6.10 Å². The van der Waals surface area contributed by atoms with Crippen LogP contribution in [0.25, 0.3) is 0 Å². The molecular weight excluding hydrogens is 218 g/mol. The first-order chi connectivity index (χ1) is 5.63. The van der Waals surface area contributed by atoms with Gasteiger partial charge in [0.2, 0.25) is 0 Å². The molecule has 1 heterocycles. The molecule has 0 aliphatic carbocycles. The van der Waals surface area contributed by atoms with Crippen LogP contribution in [0.15, 0.2) is 35.0 Å². The first kappa shape index (κ1) is 9.42. The third kappa shape index (κ3) is 1.93. The first-order valence-corrected chi connectivity index (χ1v) is 4.36. The normalized spacial score (nSPS) is 12.6. The van der Waals surface area contributed by atoms with Crippen molar-refractivity contribution in [1.29, 1.82) is 0 Å². The maximum atomic E-state index is 9.59. The molecule has 0 saturated carbocycles. The fourth-order valence-corrected chi connectivity index (χ4v) is 1.30. The number of hydrogen-bond donors (Lipinski definition) is 1. The number of aliphatic hydroxyl groups is 1. The van der Waals surface area contributed by atoms with Crippen LogP contribution in [-0.4, -0.2) is 10.1 Å². The van der Waals surface area contributed by atoms with Gasteiger partial charge in [0.05, 0.1) is 5.69 Å². The highest BCUT2D eigenvalue weighted by Gasteiger charge is 2.11. The molecule has 12 heavy (non-hydrogen) atoms. The van der Waals surface area contributed by atoms with Gasteiger partial charge >= 0.3 is 0 Å². The molecule has 0 saturated heterocycles. The summed E-state index contributed by atoms with van der Waals surface area (Å²) in [6, 6.07) is 3.65. The number of aromatic nitrogens is 1. The summed E-state index contributed by atoms with van der Waals surface area (Å²) in [5.74, 6) is 0. The van der Waals surface area contributed by atoms with E-state index in [9.17, 15) is 5.11 Å². The quantitative estimate of drug-likeness (QED) is 0.788. The maximum Gasteiger partial charge on any atom is 0.118 e. The number of pyridine rings is 1. The molecule has 1 atom stereocenters. The molecule has 2 nitrogen and oxygen atoms in total.